The molecule has 0 atom stereocenters. The molecule has 7 nitrogen and oxygen atoms in total. The van der Waals surface area contributed by atoms with Gasteiger partial charge in [0.05, 0.1) is 16.3 Å². The zero-order chi connectivity index (χ0) is 20.6. The fourth-order valence-electron chi connectivity index (χ4n) is 2.94. The van der Waals surface area contributed by atoms with Crippen LogP contribution in [0.15, 0.2) is 47.4 Å². The van der Waals surface area contributed by atoms with Gasteiger partial charge in [0.15, 0.2) is 4.90 Å². The highest BCUT2D eigenvalue weighted by Gasteiger charge is 2.30. The van der Waals surface area contributed by atoms with E-state index in [2.05, 4.69) is 5.10 Å². The van der Waals surface area contributed by atoms with Crippen LogP contribution in [0.4, 0.5) is 10.1 Å². The van der Waals surface area contributed by atoms with Crippen LogP contribution in [0.3, 0.4) is 0 Å². The standard InChI is InChI=1S/C18H15ClFN3O4S/c1-11-13(10-14-15(19)6-5-7-16(14)20)12(2)22(21-11)28(26,27)18-9-4-3-8-17(18)23(24)25/h3-9H,10H2,1-2H3. The summed E-state index contributed by atoms with van der Waals surface area (Å²) in [5.41, 5.74) is 0.745. The minimum absolute atomic E-state index is 0.0373. The number of aryl methyl sites for hydroxylation is 1. The minimum atomic E-state index is -4.32. The largest absolute Gasteiger partial charge is 0.290 e. The average Bonchev–Trinajstić information content (AvgIpc) is 2.93. The topological polar surface area (TPSA) is 95.1 Å². The lowest BCUT2D eigenvalue weighted by molar-refractivity contribution is -0.387. The van der Waals surface area contributed by atoms with E-state index in [1.165, 1.54) is 31.2 Å². The number of hydrogen-bond acceptors (Lipinski definition) is 5. The Morgan fingerprint density at radius 1 is 1.14 bits per heavy atom. The van der Waals surface area contributed by atoms with Crippen molar-refractivity contribution in [3.63, 3.8) is 0 Å². The third kappa shape index (κ3) is 3.38. The van der Waals surface area contributed by atoms with Crippen LogP contribution < -0.4 is 0 Å². The molecule has 1 heterocycles. The molecule has 0 radical (unpaired) electrons. The summed E-state index contributed by atoms with van der Waals surface area (Å²) in [6.45, 7) is 3.10. The molecule has 0 bridgehead atoms. The van der Waals surface area contributed by atoms with Gasteiger partial charge in [-0.1, -0.05) is 29.8 Å². The Kier molecular flexibility index (Phi) is 5.22. The molecule has 28 heavy (non-hydrogen) atoms. The SMILES string of the molecule is Cc1nn(S(=O)(=O)c2ccccc2[N+](=O)[O-])c(C)c1Cc1c(F)cccc1Cl. The molecule has 0 spiro atoms. The summed E-state index contributed by atoms with van der Waals surface area (Å²) >= 11 is 6.07. The highest BCUT2D eigenvalue weighted by atomic mass is 35.5. The predicted octanol–water partition coefficient (Wildman–Crippen LogP) is 4.03. The molecule has 2 aromatic carbocycles. The molecule has 3 aromatic rings. The van der Waals surface area contributed by atoms with Gasteiger partial charge < -0.3 is 0 Å². The number of halogens is 2. The molecular formula is C18H15ClFN3O4S. The molecule has 0 saturated carbocycles. The van der Waals surface area contributed by atoms with E-state index >= 15 is 0 Å². The van der Waals surface area contributed by atoms with Crippen LogP contribution in [-0.4, -0.2) is 22.5 Å². The van der Waals surface area contributed by atoms with Crippen molar-refractivity contribution in [2.24, 2.45) is 0 Å². The van der Waals surface area contributed by atoms with E-state index in [0.717, 1.165) is 16.2 Å². The third-order valence-electron chi connectivity index (χ3n) is 4.38. The summed E-state index contributed by atoms with van der Waals surface area (Å²) in [7, 11) is -4.32. The van der Waals surface area contributed by atoms with Gasteiger partial charge in [-0.05, 0) is 32.0 Å². The first-order chi connectivity index (χ1) is 13.1. The second-order valence-electron chi connectivity index (χ2n) is 6.10. The van der Waals surface area contributed by atoms with Crippen molar-refractivity contribution in [3.8, 4) is 0 Å². The van der Waals surface area contributed by atoms with Crippen LogP contribution >= 0.6 is 11.6 Å². The number of nitro groups is 1. The van der Waals surface area contributed by atoms with Gasteiger partial charge in [0.25, 0.3) is 15.7 Å². The summed E-state index contributed by atoms with van der Waals surface area (Å²) in [4.78, 5) is 9.99. The van der Waals surface area contributed by atoms with E-state index < -0.39 is 31.3 Å². The van der Waals surface area contributed by atoms with E-state index in [1.54, 1.807) is 13.0 Å². The van der Waals surface area contributed by atoms with Crippen molar-refractivity contribution in [2.75, 3.05) is 0 Å². The Balaban J connectivity index is 2.13. The van der Waals surface area contributed by atoms with Gasteiger partial charge >= 0.3 is 0 Å². The first kappa shape index (κ1) is 20.0. The van der Waals surface area contributed by atoms with Gasteiger partial charge in [-0.2, -0.15) is 17.6 Å². The molecular weight excluding hydrogens is 409 g/mol. The number of hydrogen-bond donors (Lipinski definition) is 0. The minimum Gasteiger partial charge on any atom is -0.258 e. The highest BCUT2D eigenvalue weighted by molar-refractivity contribution is 7.90. The van der Waals surface area contributed by atoms with E-state index in [0.29, 0.717) is 11.3 Å². The summed E-state index contributed by atoms with van der Waals surface area (Å²) in [6, 6.07) is 9.31. The molecule has 0 saturated heterocycles. The van der Waals surface area contributed by atoms with Crippen LogP contribution in [0.5, 0.6) is 0 Å². The maximum absolute atomic E-state index is 14.1. The summed E-state index contributed by atoms with van der Waals surface area (Å²) in [6.07, 6.45) is 0.0373. The molecule has 0 aliphatic rings. The van der Waals surface area contributed by atoms with Crippen molar-refractivity contribution >= 4 is 27.3 Å². The van der Waals surface area contributed by atoms with Crippen LogP contribution in [0.2, 0.25) is 5.02 Å². The molecule has 0 fully saturated rings. The van der Waals surface area contributed by atoms with E-state index in [9.17, 15) is 22.9 Å². The fraction of sp³-hybridized carbons (Fsp3) is 0.167. The molecule has 0 amide bonds. The molecule has 0 aliphatic carbocycles. The van der Waals surface area contributed by atoms with Gasteiger partial charge in [-0.3, -0.25) is 10.1 Å². The molecule has 0 unspecified atom stereocenters. The van der Waals surface area contributed by atoms with E-state index in [-0.39, 0.29) is 22.7 Å². The Labute approximate surface area is 165 Å². The lowest BCUT2D eigenvalue weighted by Crippen LogP contribution is -2.17. The van der Waals surface area contributed by atoms with Crippen molar-refractivity contribution in [3.05, 3.63) is 85.9 Å². The van der Waals surface area contributed by atoms with Crippen LogP contribution in [-0.2, 0) is 16.4 Å². The molecule has 0 aliphatic heterocycles. The van der Waals surface area contributed by atoms with Gasteiger partial charge in [0.1, 0.15) is 5.82 Å². The van der Waals surface area contributed by atoms with Crippen molar-refractivity contribution < 1.29 is 17.7 Å². The Bertz CT molecular complexity index is 1170. The maximum atomic E-state index is 14.1. The van der Waals surface area contributed by atoms with Crippen molar-refractivity contribution in [1.29, 1.82) is 0 Å². The van der Waals surface area contributed by atoms with Crippen LogP contribution in [0.1, 0.15) is 22.5 Å². The first-order valence-corrected chi connectivity index (χ1v) is 9.93. The number of benzene rings is 2. The lowest BCUT2D eigenvalue weighted by Gasteiger charge is -2.09. The number of nitro benzene ring substituents is 1. The van der Waals surface area contributed by atoms with Gasteiger partial charge in [-0.15, -0.1) is 0 Å². The number of nitrogens with zero attached hydrogens (tertiary/aromatic N) is 3. The van der Waals surface area contributed by atoms with E-state index in [4.69, 9.17) is 11.6 Å². The number of para-hydroxylation sites is 1. The van der Waals surface area contributed by atoms with Gasteiger partial charge in [-0.25, -0.2) is 4.39 Å². The average molecular weight is 424 g/mol. The fourth-order valence-corrected chi connectivity index (χ4v) is 4.71. The molecule has 146 valence electrons. The zero-order valence-electron chi connectivity index (χ0n) is 14.9. The second-order valence-corrected chi connectivity index (χ2v) is 8.24. The Morgan fingerprint density at radius 2 is 1.82 bits per heavy atom. The zero-order valence-corrected chi connectivity index (χ0v) is 16.5. The molecule has 1 aromatic heterocycles. The first-order valence-electron chi connectivity index (χ1n) is 8.11. The smallest absolute Gasteiger partial charge is 0.258 e. The molecule has 0 N–H and O–H groups in total. The van der Waals surface area contributed by atoms with Crippen LogP contribution in [0, 0.1) is 29.8 Å². The summed E-state index contributed by atoms with van der Waals surface area (Å²) < 4.78 is 40.9. The normalized spacial score (nSPS) is 11.6. The number of aromatic nitrogens is 2. The number of rotatable bonds is 5. The summed E-state index contributed by atoms with van der Waals surface area (Å²) in [5.74, 6) is -0.513. The van der Waals surface area contributed by atoms with Gasteiger partial charge in [0.2, 0.25) is 0 Å². The van der Waals surface area contributed by atoms with Crippen LogP contribution in [0.25, 0.3) is 0 Å². The summed E-state index contributed by atoms with van der Waals surface area (Å²) in [5, 5.41) is 15.5. The molecule has 3 rings (SSSR count). The quantitative estimate of drug-likeness (QED) is 0.456. The monoisotopic (exact) mass is 423 g/mol. The second kappa shape index (κ2) is 7.33. The highest BCUT2D eigenvalue weighted by Crippen LogP contribution is 2.29. The Morgan fingerprint density at radius 3 is 2.46 bits per heavy atom. The third-order valence-corrected chi connectivity index (χ3v) is 6.45. The Hall–Kier alpha value is -2.78. The van der Waals surface area contributed by atoms with Gasteiger partial charge in [0, 0.05) is 28.6 Å². The molecule has 10 heteroatoms. The van der Waals surface area contributed by atoms with Crippen molar-refractivity contribution in [1.82, 2.24) is 9.19 Å². The lowest BCUT2D eigenvalue weighted by atomic mass is 10.0. The van der Waals surface area contributed by atoms with E-state index in [1.807, 2.05) is 0 Å². The maximum Gasteiger partial charge on any atom is 0.290 e. The predicted molar refractivity (Wildman–Crippen MR) is 102 cm³/mol. The van der Waals surface area contributed by atoms with Crippen molar-refractivity contribution in [2.45, 2.75) is 25.2 Å².